The molecule has 0 saturated heterocycles. The van der Waals surface area contributed by atoms with Crippen molar-refractivity contribution < 1.29 is 4.42 Å². The van der Waals surface area contributed by atoms with E-state index >= 15 is 0 Å². The third-order valence-corrected chi connectivity index (χ3v) is 2.56. The van der Waals surface area contributed by atoms with E-state index in [9.17, 15) is 4.79 Å². The lowest BCUT2D eigenvalue weighted by molar-refractivity contribution is 0.521. The van der Waals surface area contributed by atoms with Crippen molar-refractivity contribution in [1.82, 2.24) is 0 Å². The molecule has 0 aliphatic carbocycles. The van der Waals surface area contributed by atoms with Gasteiger partial charge in [0.25, 0.3) is 0 Å². The third kappa shape index (κ3) is 2.53. The van der Waals surface area contributed by atoms with Gasteiger partial charge in [0.2, 0.25) is 0 Å². The Bertz CT molecular complexity index is 594. The summed E-state index contributed by atoms with van der Waals surface area (Å²) in [7, 11) is 0. The lowest BCUT2D eigenvalue weighted by Gasteiger charge is -2.06. The zero-order chi connectivity index (χ0) is 12.3. The Morgan fingerprint density at radius 2 is 2.12 bits per heavy atom. The summed E-state index contributed by atoms with van der Waals surface area (Å²) >= 11 is 0. The number of hydrogen-bond donors (Lipinski definition) is 0. The smallest absolute Gasteiger partial charge is 0.336 e. The van der Waals surface area contributed by atoms with Crippen LogP contribution in [0.3, 0.4) is 0 Å². The van der Waals surface area contributed by atoms with Gasteiger partial charge in [0.05, 0.1) is 0 Å². The summed E-state index contributed by atoms with van der Waals surface area (Å²) in [5.74, 6) is 0.640. The quantitative estimate of drug-likeness (QED) is 0.751. The SMILES string of the molecule is C=CCc1ccc(=O)oc1-c1cccc(C)c1. The molecule has 2 rings (SSSR count). The molecule has 1 aromatic carbocycles. The summed E-state index contributed by atoms with van der Waals surface area (Å²) in [5.41, 5.74) is 2.72. The predicted molar refractivity (Wildman–Crippen MR) is 69.1 cm³/mol. The first-order chi connectivity index (χ1) is 8.20. The highest BCUT2D eigenvalue weighted by Gasteiger charge is 2.07. The Labute approximate surface area is 100 Å². The van der Waals surface area contributed by atoms with Gasteiger partial charge in [-0.05, 0) is 31.0 Å². The van der Waals surface area contributed by atoms with Crippen molar-refractivity contribution in [3.8, 4) is 11.3 Å². The molecule has 0 N–H and O–H groups in total. The highest BCUT2D eigenvalue weighted by Crippen LogP contribution is 2.23. The molecule has 0 fully saturated rings. The van der Waals surface area contributed by atoms with E-state index in [1.165, 1.54) is 6.07 Å². The molecule has 86 valence electrons. The Kier molecular flexibility index (Phi) is 3.24. The molecule has 1 aromatic heterocycles. The summed E-state index contributed by atoms with van der Waals surface area (Å²) in [6.07, 6.45) is 2.49. The van der Waals surface area contributed by atoms with Gasteiger partial charge in [-0.15, -0.1) is 6.58 Å². The maximum absolute atomic E-state index is 11.3. The fourth-order valence-corrected chi connectivity index (χ4v) is 1.79. The molecule has 0 saturated carbocycles. The minimum Gasteiger partial charge on any atom is -0.422 e. The van der Waals surface area contributed by atoms with Gasteiger partial charge in [-0.3, -0.25) is 0 Å². The zero-order valence-corrected chi connectivity index (χ0v) is 9.77. The molecule has 0 atom stereocenters. The van der Waals surface area contributed by atoms with E-state index in [1.807, 2.05) is 31.2 Å². The standard InChI is InChI=1S/C15H14O2/c1-3-5-12-8-9-14(16)17-15(12)13-7-4-6-11(2)10-13/h3-4,6-10H,1,5H2,2H3. The molecule has 0 radical (unpaired) electrons. The normalized spacial score (nSPS) is 10.2. The molecule has 0 spiro atoms. The topological polar surface area (TPSA) is 30.2 Å². The van der Waals surface area contributed by atoms with Crippen molar-refractivity contribution in [2.45, 2.75) is 13.3 Å². The molecule has 17 heavy (non-hydrogen) atoms. The summed E-state index contributed by atoms with van der Waals surface area (Å²) in [5, 5.41) is 0. The van der Waals surface area contributed by atoms with Crippen LogP contribution in [0.1, 0.15) is 11.1 Å². The van der Waals surface area contributed by atoms with Gasteiger partial charge in [0, 0.05) is 11.6 Å². The molecule has 2 aromatic rings. The molecule has 0 unspecified atom stereocenters. The maximum Gasteiger partial charge on any atom is 0.336 e. The second kappa shape index (κ2) is 4.83. The first kappa shape index (κ1) is 11.4. The lowest BCUT2D eigenvalue weighted by atomic mass is 10.0. The van der Waals surface area contributed by atoms with Crippen LogP contribution < -0.4 is 5.63 Å². The van der Waals surface area contributed by atoms with E-state index in [4.69, 9.17) is 4.42 Å². The highest BCUT2D eigenvalue weighted by atomic mass is 16.4. The summed E-state index contributed by atoms with van der Waals surface area (Å²) < 4.78 is 5.30. The second-order valence-corrected chi connectivity index (χ2v) is 3.97. The van der Waals surface area contributed by atoms with E-state index in [0.717, 1.165) is 16.7 Å². The van der Waals surface area contributed by atoms with Crippen molar-refractivity contribution >= 4 is 0 Å². The predicted octanol–water partition coefficient (Wildman–Crippen LogP) is 3.34. The van der Waals surface area contributed by atoms with Crippen LogP contribution in [0.15, 0.2) is 58.3 Å². The monoisotopic (exact) mass is 226 g/mol. The molecule has 0 aliphatic heterocycles. The van der Waals surface area contributed by atoms with Gasteiger partial charge in [-0.25, -0.2) is 4.79 Å². The lowest BCUT2D eigenvalue weighted by Crippen LogP contribution is -2.00. The average Bonchev–Trinajstić information content (AvgIpc) is 2.32. The maximum atomic E-state index is 11.3. The van der Waals surface area contributed by atoms with Gasteiger partial charge >= 0.3 is 5.63 Å². The van der Waals surface area contributed by atoms with Gasteiger partial charge in [-0.1, -0.05) is 29.8 Å². The van der Waals surface area contributed by atoms with Crippen molar-refractivity contribution in [3.05, 3.63) is 70.6 Å². The van der Waals surface area contributed by atoms with Crippen LogP contribution in [0.25, 0.3) is 11.3 Å². The van der Waals surface area contributed by atoms with Crippen molar-refractivity contribution in [2.24, 2.45) is 0 Å². The van der Waals surface area contributed by atoms with Gasteiger partial charge in [-0.2, -0.15) is 0 Å². The first-order valence-corrected chi connectivity index (χ1v) is 5.51. The number of hydrogen-bond acceptors (Lipinski definition) is 2. The molecule has 0 bridgehead atoms. The van der Waals surface area contributed by atoms with Crippen molar-refractivity contribution in [1.29, 1.82) is 0 Å². The fraction of sp³-hybridized carbons (Fsp3) is 0.133. The van der Waals surface area contributed by atoms with Gasteiger partial charge < -0.3 is 4.42 Å². The molecule has 1 heterocycles. The Morgan fingerprint density at radius 1 is 1.29 bits per heavy atom. The van der Waals surface area contributed by atoms with Crippen LogP contribution in [-0.2, 0) is 6.42 Å². The second-order valence-electron chi connectivity index (χ2n) is 3.97. The van der Waals surface area contributed by atoms with Crippen LogP contribution in [-0.4, -0.2) is 0 Å². The van der Waals surface area contributed by atoms with Gasteiger partial charge in [0.15, 0.2) is 0 Å². The van der Waals surface area contributed by atoms with E-state index in [-0.39, 0.29) is 5.63 Å². The summed E-state index contributed by atoms with van der Waals surface area (Å²) in [6.45, 7) is 5.72. The van der Waals surface area contributed by atoms with Crippen molar-refractivity contribution in [3.63, 3.8) is 0 Å². The average molecular weight is 226 g/mol. The van der Waals surface area contributed by atoms with Crippen LogP contribution in [0.2, 0.25) is 0 Å². The Balaban J connectivity index is 2.60. The summed E-state index contributed by atoms with van der Waals surface area (Å²) in [6, 6.07) is 11.2. The van der Waals surface area contributed by atoms with E-state index in [2.05, 4.69) is 6.58 Å². The van der Waals surface area contributed by atoms with E-state index < -0.39 is 0 Å². The Hall–Kier alpha value is -2.09. The minimum absolute atomic E-state index is 0.325. The number of rotatable bonds is 3. The molecule has 2 nitrogen and oxygen atoms in total. The molecule has 0 aliphatic rings. The number of aryl methyl sites for hydroxylation is 1. The van der Waals surface area contributed by atoms with Crippen LogP contribution in [0.5, 0.6) is 0 Å². The largest absolute Gasteiger partial charge is 0.422 e. The van der Waals surface area contributed by atoms with E-state index in [1.54, 1.807) is 12.1 Å². The van der Waals surface area contributed by atoms with E-state index in [0.29, 0.717) is 12.2 Å². The van der Waals surface area contributed by atoms with Crippen LogP contribution in [0.4, 0.5) is 0 Å². The minimum atomic E-state index is -0.325. The van der Waals surface area contributed by atoms with Crippen LogP contribution in [0, 0.1) is 6.92 Å². The molecular weight excluding hydrogens is 212 g/mol. The molecule has 0 amide bonds. The zero-order valence-electron chi connectivity index (χ0n) is 9.77. The highest BCUT2D eigenvalue weighted by molar-refractivity contribution is 5.62. The third-order valence-electron chi connectivity index (χ3n) is 2.56. The number of allylic oxidation sites excluding steroid dienone is 1. The van der Waals surface area contributed by atoms with Gasteiger partial charge in [0.1, 0.15) is 5.76 Å². The summed E-state index contributed by atoms with van der Waals surface area (Å²) in [4.78, 5) is 11.3. The Morgan fingerprint density at radius 3 is 2.82 bits per heavy atom. The first-order valence-electron chi connectivity index (χ1n) is 5.51. The number of benzene rings is 1. The molecule has 2 heteroatoms. The molecular formula is C15H14O2. The fourth-order valence-electron chi connectivity index (χ4n) is 1.79. The van der Waals surface area contributed by atoms with Crippen LogP contribution >= 0.6 is 0 Å². The van der Waals surface area contributed by atoms with Crippen molar-refractivity contribution in [2.75, 3.05) is 0 Å².